The average molecular weight is 292 g/mol. The third kappa shape index (κ3) is 3.48. The maximum absolute atomic E-state index is 11.5. The van der Waals surface area contributed by atoms with Gasteiger partial charge in [-0.3, -0.25) is 0 Å². The summed E-state index contributed by atoms with van der Waals surface area (Å²) in [5.41, 5.74) is 0.318. The lowest BCUT2D eigenvalue weighted by molar-refractivity contribution is 0.0596. The summed E-state index contributed by atoms with van der Waals surface area (Å²) in [4.78, 5) is 17.1. The number of aromatic nitrogens is 1. The normalized spacial score (nSPS) is 10.1. The number of carbonyl (C=O) groups is 1. The van der Waals surface area contributed by atoms with E-state index in [-0.39, 0.29) is 5.88 Å². The van der Waals surface area contributed by atoms with Crippen molar-refractivity contribution in [1.82, 2.24) is 4.98 Å². The Morgan fingerprint density at radius 3 is 2.85 bits per heavy atom. The largest absolute Gasteiger partial charge is 0.480 e. The van der Waals surface area contributed by atoms with Crippen molar-refractivity contribution >= 4 is 23.1 Å². The van der Waals surface area contributed by atoms with Crippen molar-refractivity contribution in [2.45, 2.75) is 6.42 Å². The van der Waals surface area contributed by atoms with Crippen LogP contribution in [-0.2, 0) is 11.2 Å². The summed E-state index contributed by atoms with van der Waals surface area (Å²) >= 11 is 1.73. The third-order valence-electron chi connectivity index (χ3n) is 2.72. The summed E-state index contributed by atoms with van der Waals surface area (Å²) in [5.74, 6) is 0.475. The topological polar surface area (TPSA) is 60.5 Å². The van der Waals surface area contributed by atoms with Crippen LogP contribution in [0.3, 0.4) is 0 Å². The Kier molecular flexibility index (Phi) is 4.95. The van der Waals surface area contributed by atoms with E-state index in [1.807, 2.05) is 6.07 Å². The fourth-order valence-electron chi connectivity index (χ4n) is 1.73. The number of nitrogens with one attached hydrogen (secondary N) is 1. The monoisotopic (exact) mass is 292 g/mol. The number of esters is 1. The first-order chi connectivity index (χ1) is 9.74. The van der Waals surface area contributed by atoms with Gasteiger partial charge in [0.2, 0.25) is 5.88 Å². The molecule has 20 heavy (non-hydrogen) atoms. The van der Waals surface area contributed by atoms with Gasteiger partial charge in [0.05, 0.1) is 14.2 Å². The minimum atomic E-state index is -0.459. The lowest BCUT2D eigenvalue weighted by atomic mass is 10.2. The summed E-state index contributed by atoms with van der Waals surface area (Å²) in [6, 6.07) is 7.52. The summed E-state index contributed by atoms with van der Waals surface area (Å²) in [6.45, 7) is 0.772. The molecular formula is C14H16N2O3S. The number of pyridine rings is 1. The number of hydrogen-bond donors (Lipinski definition) is 1. The second kappa shape index (κ2) is 6.91. The summed E-state index contributed by atoms with van der Waals surface area (Å²) < 4.78 is 9.78. The molecule has 2 aromatic heterocycles. The van der Waals surface area contributed by atoms with Crippen LogP contribution in [0.5, 0.6) is 5.88 Å². The predicted molar refractivity (Wildman–Crippen MR) is 78.6 cm³/mol. The molecule has 0 unspecified atom stereocenters. The molecule has 106 valence electrons. The Hall–Kier alpha value is -2.08. The van der Waals surface area contributed by atoms with Gasteiger partial charge in [0.25, 0.3) is 0 Å². The second-order valence-corrected chi connectivity index (χ2v) is 5.03. The second-order valence-electron chi connectivity index (χ2n) is 4.00. The van der Waals surface area contributed by atoms with Crippen molar-refractivity contribution in [1.29, 1.82) is 0 Å². The number of carbonyl (C=O) groups excluding carboxylic acids is 1. The highest BCUT2D eigenvalue weighted by Crippen LogP contribution is 2.19. The number of hydrogen-bond acceptors (Lipinski definition) is 6. The molecule has 0 aliphatic carbocycles. The Balaban J connectivity index is 2.00. The van der Waals surface area contributed by atoms with Crippen LogP contribution < -0.4 is 10.1 Å². The van der Waals surface area contributed by atoms with E-state index in [0.29, 0.717) is 11.4 Å². The molecule has 6 heteroatoms. The van der Waals surface area contributed by atoms with Crippen LogP contribution in [0.25, 0.3) is 0 Å². The lowest BCUT2D eigenvalue weighted by Gasteiger charge is -2.09. The van der Waals surface area contributed by atoms with E-state index in [1.165, 1.54) is 19.1 Å². The highest BCUT2D eigenvalue weighted by Gasteiger charge is 2.14. The van der Waals surface area contributed by atoms with E-state index in [2.05, 4.69) is 26.5 Å². The van der Waals surface area contributed by atoms with Gasteiger partial charge in [-0.05, 0) is 30.0 Å². The summed E-state index contributed by atoms with van der Waals surface area (Å²) in [6.07, 6.45) is 0.931. The Labute approximate surface area is 121 Å². The Morgan fingerprint density at radius 1 is 1.35 bits per heavy atom. The van der Waals surface area contributed by atoms with E-state index in [4.69, 9.17) is 4.74 Å². The fourth-order valence-corrected chi connectivity index (χ4v) is 2.44. The van der Waals surface area contributed by atoms with Crippen molar-refractivity contribution in [2.75, 3.05) is 26.1 Å². The standard InChI is InChI=1S/C14H16N2O3S/c1-18-13-11(14(17)19-2)5-6-12(16-13)15-8-7-10-4-3-9-20-10/h3-6,9H,7-8H2,1-2H3,(H,15,16). The predicted octanol–water partition coefficient (Wildman–Crippen LogP) is 2.59. The molecule has 0 spiro atoms. The van der Waals surface area contributed by atoms with Gasteiger partial charge in [-0.1, -0.05) is 6.07 Å². The maximum Gasteiger partial charge on any atom is 0.343 e. The molecule has 2 heterocycles. The molecule has 0 bridgehead atoms. The molecule has 0 radical (unpaired) electrons. The highest BCUT2D eigenvalue weighted by atomic mass is 32.1. The van der Waals surface area contributed by atoms with Crippen molar-refractivity contribution < 1.29 is 14.3 Å². The van der Waals surface area contributed by atoms with Crippen molar-refractivity contribution in [2.24, 2.45) is 0 Å². The van der Waals surface area contributed by atoms with Crippen molar-refractivity contribution in [3.8, 4) is 5.88 Å². The van der Waals surface area contributed by atoms with Gasteiger partial charge in [-0.15, -0.1) is 11.3 Å². The maximum atomic E-state index is 11.5. The van der Waals surface area contributed by atoms with Crippen LogP contribution in [0.4, 0.5) is 5.82 Å². The Morgan fingerprint density at radius 2 is 2.20 bits per heavy atom. The van der Waals surface area contributed by atoms with Gasteiger partial charge < -0.3 is 14.8 Å². The molecule has 0 aliphatic rings. The number of nitrogens with zero attached hydrogens (tertiary/aromatic N) is 1. The zero-order valence-electron chi connectivity index (χ0n) is 11.4. The minimum absolute atomic E-state index is 0.262. The number of ether oxygens (including phenoxy) is 2. The highest BCUT2D eigenvalue weighted by molar-refractivity contribution is 7.09. The van der Waals surface area contributed by atoms with Crippen molar-refractivity contribution in [3.63, 3.8) is 0 Å². The van der Waals surface area contributed by atoms with E-state index in [1.54, 1.807) is 23.5 Å². The van der Waals surface area contributed by atoms with Crippen LogP contribution in [-0.4, -0.2) is 31.7 Å². The van der Waals surface area contributed by atoms with E-state index in [0.717, 1.165) is 13.0 Å². The molecule has 0 saturated carbocycles. The number of thiophene rings is 1. The first kappa shape index (κ1) is 14.3. The SMILES string of the molecule is COC(=O)c1ccc(NCCc2cccs2)nc1OC. The molecule has 2 rings (SSSR count). The van der Waals surface area contributed by atoms with Gasteiger partial charge in [-0.25, -0.2) is 4.79 Å². The van der Waals surface area contributed by atoms with Crippen LogP contribution in [0.2, 0.25) is 0 Å². The molecule has 0 aromatic carbocycles. The zero-order chi connectivity index (χ0) is 14.4. The molecule has 0 fully saturated rings. The van der Waals surface area contributed by atoms with Gasteiger partial charge in [0, 0.05) is 11.4 Å². The number of methoxy groups -OCH3 is 2. The van der Waals surface area contributed by atoms with Gasteiger partial charge >= 0.3 is 5.97 Å². The van der Waals surface area contributed by atoms with Gasteiger partial charge in [-0.2, -0.15) is 4.98 Å². The van der Waals surface area contributed by atoms with Crippen LogP contribution in [0, 0.1) is 0 Å². The average Bonchev–Trinajstić information content (AvgIpc) is 2.99. The Bertz CT molecular complexity index is 570. The molecule has 0 amide bonds. The molecular weight excluding hydrogens is 276 g/mol. The zero-order valence-corrected chi connectivity index (χ0v) is 12.2. The van der Waals surface area contributed by atoms with Gasteiger partial charge in [0.15, 0.2) is 0 Å². The molecule has 0 atom stereocenters. The van der Waals surface area contributed by atoms with Crippen LogP contribution in [0.15, 0.2) is 29.6 Å². The number of anilines is 1. The van der Waals surface area contributed by atoms with Crippen LogP contribution >= 0.6 is 11.3 Å². The van der Waals surface area contributed by atoms with E-state index >= 15 is 0 Å². The quantitative estimate of drug-likeness (QED) is 0.829. The minimum Gasteiger partial charge on any atom is -0.480 e. The van der Waals surface area contributed by atoms with Gasteiger partial charge in [0.1, 0.15) is 11.4 Å². The van der Waals surface area contributed by atoms with Crippen LogP contribution in [0.1, 0.15) is 15.2 Å². The molecule has 5 nitrogen and oxygen atoms in total. The first-order valence-electron chi connectivity index (χ1n) is 6.14. The fraction of sp³-hybridized carbons (Fsp3) is 0.286. The van der Waals surface area contributed by atoms with Crippen molar-refractivity contribution in [3.05, 3.63) is 40.1 Å². The van der Waals surface area contributed by atoms with E-state index < -0.39 is 5.97 Å². The molecule has 1 N–H and O–H groups in total. The molecule has 0 saturated heterocycles. The lowest BCUT2D eigenvalue weighted by Crippen LogP contribution is -2.09. The molecule has 0 aliphatic heterocycles. The summed E-state index contributed by atoms with van der Waals surface area (Å²) in [5, 5.41) is 5.26. The smallest absolute Gasteiger partial charge is 0.343 e. The van der Waals surface area contributed by atoms with E-state index in [9.17, 15) is 4.79 Å². The summed E-state index contributed by atoms with van der Waals surface area (Å²) in [7, 11) is 2.80. The first-order valence-corrected chi connectivity index (χ1v) is 7.02. The number of rotatable bonds is 6. The third-order valence-corrected chi connectivity index (χ3v) is 3.65. The molecule has 2 aromatic rings.